The zero-order valence-corrected chi connectivity index (χ0v) is 17.7. The van der Waals surface area contributed by atoms with Gasteiger partial charge in [0, 0.05) is 23.5 Å². The molecule has 2 amide bonds. The van der Waals surface area contributed by atoms with E-state index in [9.17, 15) is 14.4 Å². The van der Waals surface area contributed by atoms with Crippen molar-refractivity contribution in [3.63, 3.8) is 0 Å². The van der Waals surface area contributed by atoms with Crippen molar-refractivity contribution in [1.82, 2.24) is 9.55 Å². The molecular formula is C22H24N4O3S. The number of carbonyl (C=O) groups excluding carboxylic acids is 2. The van der Waals surface area contributed by atoms with Gasteiger partial charge in [-0.3, -0.25) is 19.0 Å². The van der Waals surface area contributed by atoms with Gasteiger partial charge in [0.15, 0.2) is 0 Å². The number of hydrogen-bond donors (Lipinski definition) is 1. The van der Waals surface area contributed by atoms with Crippen LogP contribution in [-0.2, 0) is 29.0 Å². The molecule has 1 unspecified atom stereocenters. The van der Waals surface area contributed by atoms with Gasteiger partial charge in [0.05, 0.1) is 11.7 Å². The van der Waals surface area contributed by atoms with E-state index in [0.717, 1.165) is 29.7 Å². The highest BCUT2D eigenvalue weighted by molar-refractivity contribution is 7.18. The Bertz CT molecular complexity index is 1150. The molecule has 0 saturated carbocycles. The molecule has 1 aliphatic rings. The van der Waals surface area contributed by atoms with E-state index < -0.39 is 5.91 Å². The lowest BCUT2D eigenvalue weighted by Gasteiger charge is -2.22. The predicted octanol–water partition coefficient (Wildman–Crippen LogP) is 2.49. The van der Waals surface area contributed by atoms with Crippen LogP contribution in [0.15, 0.2) is 41.5 Å². The van der Waals surface area contributed by atoms with Crippen molar-refractivity contribution in [1.29, 1.82) is 0 Å². The summed E-state index contributed by atoms with van der Waals surface area (Å²) in [6.07, 6.45) is 4.40. The van der Waals surface area contributed by atoms with Crippen molar-refractivity contribution in [3.05, 3.63) is 57.5 Å². The van der Waals surface area contributed by atoms with Crippen molar-refractivity contribution < 1.29 is 9.59 Å². The maximum absolute atomic E-state index is 13.2. The molecule has 7 nitrogen and oxygen atoms in total. The lowest BCUT2D eigenvalue weighted by Crippen LogP contribution is -2.38. The monoisotopic (exact) mass is 424 g/mol. The number of benzene rings is 1. The number of nitrogens with two attached hydrogens (primary N) is 1. The number of carbonyl (C=O) groups is 2. The van der Waals surface area contributed by atoms with Crippen LogP contribution in [0.25, 0.3) is 10.2 Å². The van der Waals surface area contributed by atoms with Gasteiger partial charge in [0.2, 0.25) is 11.8 Å². The Morgan fingerprint density at radius 1 is 1.30 bits per heavy atom. The van der Waals surface area contributed by atoms with E-state index in [4.69, 9.17) is 5.73 Å². The van der Waals surface area contributed by atoms with E-state index in [1.54, 1.807) is 23.5 Å². The standard InChI is InChI=1S/C22H24N4O3S/c1-14-7-8-16-17(11-14)30-21-20(16)22(29)25(13-24-21)12-19(28)26(10-9-18(23)27)15-5-3-2-4-6-15/h2-6,13-14H,7-12H2,1H3,(H2,23,27). The Hall–Kier alpha value is -3.00. The second-order valence-electron chi connectivity index (χ2n) is 7.81. The molecule has 8 heteroatoms. The molecule has 3 aromatic rings. The summed E-state index contributed by atoms with van der Waals surface area (Å²) in [4.78, 5) is 45.5. The van der Waals surface area contributed by atoms with Crippen molar-refractivity contribution in [2.75, 3.05) is 11.4 Å². The highest BCUT2D eigenvalue weighted by Crippen LogP contribution is 2.35. The summed E-state index contributed by atoms with van der Waals surface area (Å²) in [6, 6.07) is 9.07. The molecule has 0 radical (unpaired) electrons. The minimum atomic E-state index is -0.483. The molecule has 1 atom stereocenters. The number of hydrogen-bond acceptors (Lipinski definition) is 5. The van der Waals surface area contributed by atoms with Crippen molar-refractivity contribution >= 4 is 39.1 Å². The van der Waals surface area contributed by atoms with Gasteiger partial charge in [-0.15, -0.1) is 11.3 Å². The van der Waals surface area contributed by atoms with Crippen LogP contribution in [0.2, 0.25) is 0 Å². The summed E-state index contributed by atoms with van der Waals surface area (Å²) in [5.74, 6) is -0.161. The second kappa shape index (κ2) is 8.39. The van der Waals surface area contributed by atoms with E-state index in [1.807, 2.05) is 18.2 Å². The average Bonchev–Trinajstić information content (AvgIpc) is 3.09. The Morgan fingerprint density at radius 2 is 2.07 bits per heavy atom. The lowest BCUT2D eigenvalue weighted by molar-refractivity contribution is -0.119. The summed E-state index contributed by atoms with van der Waals surface area (Å²) >= 11 is 1.59. The minimum absolute atomic E-state index is 0.0447. The van der Waals surface area contributed by atoms with Crippen LogP contribution < -0.4 is 16.2 Å². The number of anilines is 1. The molecule has 0 spiro atoms. The predicted molar refractivity (Wildman–Crippen MR) is 118 cm³/mol. The van der Waals surface area contributed by atoms with E-state index in [0.29, 0.717) is 17.0 Å². The van der Waals surface area contributed by atoms with Gasteiger partial charge >= 0.3 is 0 Å². The molecular weight excluding hydrogens is 400 g/mol. The fourth-order valence-corrected chi connectivity index (χ4v) is 5.28. The largest absolute Gasteiger partial charge is 0.370 e. The number of rotatable bonds is 6. The molecule has 2 N–H and O–H groups in total. The lowest BCUT2D eigenvalue weighted by atomic mass is 9.89. The first-order valence-corrected chi connectivity index (χ1v) is 10.9. The first kappa shape index (κ1) is 20.3. The van der Waals surface area contributed by atoms with Gasteiger partial charge in [0.25, 0.3) is 5.56 Å². The number of para-hydroxylation sites is 1. The smallest absolute Gasteiger partial charge is 0.262 e. The van der Waals surface area contributed by atoms with E-state index in [1.165, 1.54) is 20.7 Å². The molecule has 0 saturated heterocycles. The van der Waals surface area contributed by atoms with E-state index in [-0.39, 0.29) is 31.0 Å². The Balaban J connectivity index is 1.65. The highest BCUT2D eigenvalue weighted by Gasteiger charge is 2.24. The van der Waals surface area contributed by atoms with Crippen LogP contribution in [0.1, 0.15) is 30.2 Å². The fourth-order valence-electron chi connectivity index (χ4n) is 3.94. The fraction of sp³-hybridized carbons (Fsp3) is 0.364. The van der Waals surface area contributed by atoms with Crippen LogP contribution in [0.3, 0.4) is 0 Å². The van der Waals surface area contributed by atoms with Crippen molar-refractivity contribution in [2.24, 2.45) is 11.7 Å². The summed E-state index contributed by atoms with van der Waals surface area (Å²) in [5, 5.41) is 0.653. The molecule has 0 bridgehead atoms. The minimum Gasteiger partial charge on any atom is -0.370 e. The summed E-state index contributed by atoms with van der Waals surface area (Å²) in [5.41, 5.74) is 6.86. The van der Waals surface area contributed by atoms with Crippen LogP contribution in [0.4, 0.5) is 5.69 Å². The third-order valence-electron chi connectivity index (χ3n) is 5.54. The maximum Gasteiger partial charge on any atom is 0.262 e. The zero-order valence-electron chi connectivity index (χ0n) is 16.8. The zero-order chi connectivity index (χ0) is 21.3. The third kappa shape index (κ3) is 4.00. The molecule has 30 heavy (non-hydrogen) atoms. The molecule has 0 aliphatic heterocycles. The van der Waals surface area contributed by atoms with Crippen LogP contribution in [-0.4, -0.2) is 27.9 Å². The first-order valence-electron chi connectivity index (χ1n) is 10.1. The van der Waals surface area contributed by atoms with Crippen molar-refractivity contribution in [3.8, 4) is 0 Å². The maximum atomic E-state index is 13.2. The molecule has 2 aromatic heterocycles. The Labute approximate surface area is 178 Å². The number of aromatic nitrogens is 2. The molecule has 156 valence electrons. The Morgan fingerprint density at radius 3 is 2.80 bits per heavy atom. The quantitative estimate of drug-likeness (QED) is 0.657. The molecule has 1 aliphatic carbocycles. The van der Waals surface area contributed by atoms with Gasteiger partial charge in [-0.2, -0.15) is 0 Å². The number of primary amides is 1. The van der Waals surface area contributed by atoms with Gasteiger partial charge in [0.1, 0.15) is 11.4 Å². The highest BCUT2D eigenvalue weighted by atomic mass is 32.1. The number of aryl methyl sites for hydroxylation is 1. The number of amides is 2. The normalized spacial score (nSPS) is 15.7. The average molecular weight is 425 g/mol. The first-order chi connectivity index (χ1) is 14.4. The molecule has 1 aromatic carbocycles. The SMILES string of the molecule is CC1CCc2c(sc3ncn(CC(=O)N(CCC(N)=O)c4ccccc4)c(=O)c23)C1. The van der Waals surface area contributed by atoms with E-state index >= 15 is 0 Å². The molecule has 4 rings (SSSR count). The summed E-state index contributed by atoms with van der Waals surface area (Å²) < 4.78 is 1.37. The second-order valence-corrected chi connectivity index (χ2v) is 8.89. The van der Waals surface area contributed by atoms with Gasteiger partial charge in [-0.25, -0.2) is 4.98 Å². The van der Waals surface area contributed by atoms with Gasteiger partial charge in [-0.1, -0.05) is 25.1 Å². The topological polar surface area (TPSA) is 98.3 Å². The summed E-state index contributed by atoms with van der Waals surface area (Å²) in [7, 11) is 0. The van der Waals surface area contributed by atoms with Crippen LogP contribution >= 0.6 is 11.3 Å². The van der Waals surface area contributed by atoms with Gasteiger partial charge < -0.3 is 10.6 Å². The third-order valence-corrected chi connectivity index (χ3v) is 6.70. The number of fused-ring (bicyclic) bond motifs is 3. The number of thiophene rings is 1. The van der Waals surface area contributed by atoms with Crippen LogP contribution in [0.5, 0.6) is 0 Å². The Kier molecular flexibility index (Phi) is 5.67. The van der Waals surface area contributed by atoms with Crippen LogP contribution in [0, 0.1) is 5.92 Å². The van der Waals surface area contributed by atoms with E-state index in [2.05, 4.69) is 11.9 Å². The molecule has 0 fully saturated rings. The van der Waals surface area contributed by atoms with Gasteiger partial charge in [-0.05, 0) is 42.9 Å². The van der Waals surface area contributed by atoms with Crippen molar-refractivity contribution in [2.45, 2.75) is 39.2 Å². The number of nitrogens with zero attached hydrogens (tertiary/aromatic N) is 3. The summed E-state index contributed by atoms with van der Waals surface area (Å²) in [6.45, 7) is 2.24. The molecule has 2 heterocycles.